The normalized spacial score (nSPS) is 14.8. The van der Waals surface area contributed by atoms with Gasteiger partial charge in [-0.1, -0.05) is 6.07 Å². The number of hydrogen-bond donors (Lipinski definition) is 1. The quantitative estimate of drug-likeness (QED) is 0.612. The monoisotopic (exact) mass is 472 g/mol. The van der Waals surface area contributed by atoms with Crippen molar-refractivity contribution in [2.75, 3.05) is 36.4 Å². The molecule has 1 aliphatic rings. The molecule has 1 saturated heterocycles. The molecule has 0 spiro atoms. The van der Waals surface area contributed by atoms with Gasteiger partial charge in [0.2, 0.25) is 0 Å². The summed E-state index contributed by atoms with van der Waals surface area (Å²) in [4.78, 5) is 25.2. The predicted molar refractivity (Wildman–Crippen MR) is 120 cm³/mol. The average molecular weight is 473 g/mol. The third-order valence-corrected chi connectivity index (χ3v) is 5.38. The van der Waals surface area contributed by atoms with Gasteiger partial charge in [-0.15, -0.1) is 0 Å². The van der Waals surface area contributed by atoms with E-state index in [2.05, 4.69) is 48.2 Å². The van der Waals surface area contributed by atoms with E-state index in [1.807, 2.05) is 43.5 Å². The zero-order valence-electron chi connectivity index (χ0n) is 17.3. The second-order valence-electron chi connectivity index (χ2n) is 8.18. The van der Waals surface area contributed by atoms with E-state index in [0.29, 0.717) is 18.9 Å². The maximum atomic E-state index is 12.3. The summed E-state index contributed by atoms with van der Waals surface area (Å²) in [5, 5.41) is 3.37. The van der Waals surface area contributed by atoms with Crippen molar-refractivity contribution in [3.63, 3.8) is 0 Å². The van der Waals surface area contributed by atoms with Crippen LogP contribution in [0, 0.1) is 0 Å². The first-order valence-corrected chi connectivity index (χ1v) is 10.7. The zero-order chi connectivity index (χ0) is 21.3. The molecule has 4 rings (SSSR count). The van der Waals surface area contributed by atoms with E-state index in [4.69, 9.17) is 4.74 Å². The van der Waals surface area contributed by atoms with Crippen LogP contribution < -0.4 is 10.2 Å². The van der Waals surface area contributed by atoms with Crippen LogP contribution in [-0.2, 0) is 4.74 Å². The number of piperazine rings is 1. The highest BCUT2D eigenvalue weighted by molar-refractivity contribution is 9.10. The Morgan fingerprint density at radius 1 is 1.17 bits per heavy atom. The van der Waals surface area contributed by atoms with Crippen LogP contribution in [0.2, 0.25) is 0 Å². The molecular weight excluding hydrogens is 448 g/mol. The van der Waals surface area contributed by atoms with Gasteiger partial charge in [0.15, 0.2) is 11.5 Å². The Kier molecular flexibility index (Phi) is 5.55. The molecule has 1 amide bonds. The highest BCUT2D eigenvalue weighted by Crippen LogP contribution is 2.26. The Bertz CT molecular complexity index is 1050. The number of fused-ring (bicyclic) bond motifs is 1. The average Bonchev–Trinajstić information content (AvgIpc) is 3.20. The number of anilines is 3. The van der Waals surface area contributed by atoms with Crippen molar-refractivity contribution in [1.82, 2.24) is 19.3 Å². The van der Waals surface area contributed by atoms with Crippen molar-refractivity contribution >= 4 is 44.9 Å². The lowest BCUT2D eigenvalue weighted by Gasteiger charge is -2.36. The molecule has 1 aliphatic heterocycles. The maximum Gasteiger partial charge on any atom is 0.410 e. The summed E-state index contributed by atoms with van der Waals surface area (Å²) in [6, 6.07) is 8.18. The number of benzene rings is 1. The van der Waals surface area contributed by atoms with Gasteiger partial charge in [-0.25, -0.2) is 14.8 Å². The van der Waals surface area contributed by atoms with Gasteiger partial charge in [0.25, 0.3) is 0 Å². The van der Waals surface area contributed by atoms with Crippen LogP contribution in [0.5, 0.6) is 0 Å². The van der Waals surface area contributed by atoms with E-state index in [1.54, 1.807) is 17.3 Å². The van der Waals surface area contributed by atoms with Crippen LogP contribution in [0.15, 0.2) is 47.5 Å². The number of hydrogen-bond acceptors (Lipinski definition) is 6. The Labute approximate surface area is 184 Å². The van der Waals surface area contributed by atoms with Crippen molar-refractivity contribution in [1.29, 1.82) is 0 Å². The van der Waals surface area contributed by atoms with Crippen molar-refractivity contribution in [2.24, 2.45) is 0 Å². The fraction of sp³-hybridized carbons (Fsp3) is 0.381. The van der Waals surface area contributed by atoms with Crippen molar-refractivity contribution < 1.29 is 9.53 Å². The van der Waals surface area contributed by atoms with Crippen LogP contribution in [0.1, 0.15) is 20.8 Å². The molecule has 0 bridgehead atoms. The van der Waals surface area contributed by atoms with E-state index < -0.39 is 5.60 Å². The molecule has 158 valence electrons. The molecule has 0 aliphatic carbocycles. The summed E-state index contributed by atoms with van der Waals surface area (Å²) in [6.45, 7) is 8.43. The van der Waals surface area contributed by atoms with Crippen molar-refractivity contribution in [3.05, 3.63) is 47.5 Å². The summed E-state index contributed by atoms with van der Waals surface area (Å²) in [7, 11) is 0. The highest BCUT2D eigenvalue weighted by atomic mass is 79.9. The lowest BCUT2D eigenvalue weighted by atomic mass is 10.2. The van der Waals surface area contributed by atoms with Gasteiger partial charge in [-0.3, -0.25) is 4.40 Å². The van der Waals surface area contributed by atoms with Gasteiger partial charge in [0.1, 0.15) is 10.2 Å². The van der Waals surface area contributed by atoms with Gasteiger partial charge < -0.3 is 19.9 Å². The highest BCUT2D eigenvalue weighted by Gasteiger charge is 2.26. The number of amides is 1. The minimum absolute atomic E-state index is 0.248. The summed E-state index contributed by atoms with van der Waals surface area (Å²) in [6.07, 6.45) is 5.12. The number of nitrogens with zero attached hydrogens (tertiary/aromatic N) is 5. The molecule has 2 aromatic heterocycles. The van der Waals surface area contributed by atoms with Gasteiger partial charge in [-0.2, -0.15) is 0 Å². The minimum atomic E-state index is -0.477. The molecule has 0 atom stereocenters. The van der Waals surface area contributed by atoms with E-state index in [1.165, 1.54) is 0 Å². The molecule has 1 aromatic carbocycles. The Hall–Kier alpha value is -2.81. The molecule has 30 heavy (non-hydrogen) atoms. The van der Waals surface area contributed by atoms with Crippen LogP contribution >= 0.6 is 15.9 Å². The number of ether oxygens (including phenoxy) is 1. The van der Waals surface area contributed by atoms with Gasteiger partial charge >= 0.3 is 6.09 Å². The number of halogens is 1. The molecule has 9 heteroatoms. The molecule has 1 N–H and O–H groups in total. The first kappa shape index (κ1) is 20.5. The lowest BCUT2D eigenvalue weighted by Crippen LogP contribution is -2.50. The second-order valence-corrected chi connectivity index (χ2v) is 8.99. The Balaban J connectivity index is 1.44. The summed E-state index contributed by atoms with van der Waals surface area (Å²) >= 11 is 3.48. The van der Waals surface area contributed by atoms with Crippen LogP contribution in [0.3, 0.4) is 0 Å². The largest absolute Gasteiger partial charge is 0.444 e. The standard InChI is InChI=1S/C21H25BrN6O2/c1-21(2,3)30-20(29)27-11-9-26(10-12-27)16-6-4-5-15(13-16)25-18-19-23-7-8-28(19)17(22)14-24-18/h4-8,13-14H,9-12H2,1-3H3,(H,24,25). The fourth-order valence-corrected chi connectivity index (χ4v) is 3.76. The number of nitrogens with one attached hydrogen (secondary N) is 1. The van der Waals surface area contributed by atoms with Crippen molar-refractivity contribution in [2.45, 2.75) is 26.4 Å². The molecule has 0 saturated carbocycles. The Morgan fingerprint density at radius 2 is 1.93 bits per heavy atom. The molecule has 3 aromatic rings. The van der Waals surface area contributed by atoms with E-state index in [-0.39, 0.29) is 6.09 Å². The number of aromatic nitrogens is 3. The number of rotatable bonds is 3. The van der Waals surface area contributed by atoms with E-state index in [9.17, 15) is 4.79 Å². The number of carbonyl (C=O) groups excluding carboxylic acids is 1. The first-order valence-electron chi connectivity index (χ1n) is 9.88. The fourth-order valence-electron chi connectivity index (χ4n) is 3.37. The third kappa shape index (κ3) is 4.51. The smallest absolute Gasteiger partial charge is 0.410 e. The molecule has 1 fully saturated rings. The van der Waals surface area contributed by atoms with E-state index in [0.717, 1.165) is 34.7 Å². The second kappa shape index (κ2) is 8.14. The molecular formula is C21H25BrN6O2. The van der Waals surface area contributed by atoms with Crippen LogP contribution in [0.25, 0.3) is 5.65 Å². The van der Waals surface area contributed by atoms with Crippen LogP contribution in [0.4, 0.5) is 22.0 Å². The maximum absolute atomic E-state index is 12.3. The predicted octanol–water partition coefficient (Wildman–Crippen LogP) is 4.29. The van der Waals surface area contributed by atoms with Crippen molar-refractivity contribution in [3.8, 4) is 0 Å². The van der Waals surface area contributed by atoms with Gasteiger partial charge in [-0.05, 0) is 54.9 Å². The molecule has 0 unspecified atom stereocenters. The number of carbonyl (C=O) groups is 1. The lowest BCUT2D eigenvalue weighted by molar-refractivity contribution is 0.0240. The molecule has 0 radical (unpaired) electrons. The molecule has 8 nitrogen and oxygen atoms in total. The van der Waals surface area contributed by atoms with Gasteiger partial charge in [0, 0.05) is 49.9 Å². The summed E-state index contributed by atoms with van der Waals surface area (Å²) in [5.74, 6) is 0.690. The SMILES string of the molecule is CC(C)(C)OC(=O)N1CCN(c2cccc(Nc3ncc(Br)n4ccnc34)c2)CC1. The third-order valence-electron chi connectivity index (χ3n) is 4.79. The summed E-state index contributed by atoms with van der Waals surface area (Å²) < 4.78 is 8.25. The van der Waals surface area contributed by atoms with Crippen LogP contribution in [-0.4, -0.2) is 57.1 Å². The number of imidazole rings is 1. The van der Waals surface area contributed by atoms with Gasteiger partial charge in [0.05, 0.1) is 6.20 Å². The topological polar surface area (TPSA) is 75.0 Å². The molecule has 3 heterocycles. The zero-order valence-corrected chi connectivity index (χ0v) is 18.9. The first-order chi connectivity index (χ1) is 14.3. The van der Waals surface area contributed by atoms with E-state index >= 15 is 0 Å². The summed E-state index contributed by atoms with van der Waals surface area (Å²) in [5.41, 5.74) is 2.30. The minimum Gasteiger partial charge on any atom is -0.444 e. The Morgan fingerprint density at radius 3 is 2.67 bits per heavy atom.